The number of nitrogens with zero attached hydrogens (tertiary/aromatic N) is 3. The molecule has 0 unspecified atom stereocenters. The maximum atomic E-state index is 12.9. The SMILES string of the molecule is Cc1nn(CC(C)C)c(C)c1CCC(=O)NCCNc1ncccc1C(F)(F)F. The molecule has 0 aliphatic heterocycles. The van der Waals surface area contributed by atoms with Crippen LogP contribution < -0.4 is 10.6 Å². The summed E-state index contributed by atoms with van der Waals surface area (Å²) in [5.74, 6) is 0.0888. The minimum absolute atomic E-state index is 0.149. The first-order chi connectivity index (χ1) is 13.6. The van der Waals surface area contributed by atoms with E-state index in [1.54, 1.807) is 0 Å². The van der Waals surface area contributed by atoms with Crippen molar-refractivity contribution in [2.75, 3.05) is 18.4 Å². The molecule has 2 N–H and O–H groups in total. The quantitative estimate of drug-likeness (QED) is 0.617. The van der Waals surface area contributed by atoms with Crippen molar-refractivity contribution in [3.8, 4) is 0 Å². The normalized spacial score (nSPS) is 11.7. The van der Waals surface area contributed by atoms with Gasteiger partial charge in [-0.15, -0.1) is 0 Å². The third kappa shape index (κ3) is 6.47. The van der Waals surface area contributed by atoms with Crippen LogP contribution in [0.5, 0.6) is 0 Å². The first kappa shape index (κ1) is 22.7. The monoisotopic (exact) mass is 411 g/mol. The maximum absolute atomic E-state index is 12.9. The molecule has 0 radical (unpaired) electrons. The molecular weight excluding hydrogens is 383 g/mol. The second-order valence-electron chi connectivity index (χ2n) is 7.40. The van der Waals surface area contributed by atoms with Crippen LogP contribution in [0.3, 0.4) is 0 Å². The maximum Gasteiger partial charge on any atom is 0.419 e. The largest absolute Gasteiger partial charge is 0.419 e. The number of hydrogen-bond acceptors (Lipinski definition) is 4. The van der Waals surface area contributed by atoms with Crippen LogP contribution in [-0.2, 0) is 23.9 Å². The molecular formula is C20H28F3N5O. The van der Waals surface area contributed by atoms with Gasteiger partial charge in [0.25, 0.3) is 0 Å². The van der Waals surface area contributed by atoms with Crippen LogP contribution in [0.4, 0.5) is 19.0 Å². The molecule has 2 heterocycles. The summed E-state index contributed by atoms with van der Waals surface area (Å²) >= 11 is 0. The fourth-order valence-electron chi connectivity index (χ4n) is 3.10. The highest BCUT2D eigenvalue weighted by atomic mass is 19.4. The van der Waals surface area contributed by atoms with Crippen molar-refractivity contribution in [1.82, 2.24) is 20.1 Å². The Labute approximate surface area is 168 Å². The molecule has 0 saturated carbocycles. The van der Waals surface area contributed by atoms with Crippen LogP contribution in [-0.4, -0.2) is 33.8 Å². The Balaban J connectivity index is 1.80. The van der Waals surface area contributed by atoms with Gasteiger partial charge in [-0.1, -0.05) is 13.8 Å². The van der Waals surface area contributed by atoms with E-state index < -0.39 is 11.7 Å². The number of carbonyl (C=O) groups excluding carboxylic acids is 1. The zero-order valence-electron chi connectivity index (χ0n) is 17.2. The second-order valence-corrected chi connectivity index (χ2v) is 7.40. The van der Waals surface area contributed by atoms with Gasteiger partial charge < -0.3 is 10.6 Å². The third-order valence-electron chi connectivity index (χ3n) is 4.52. The van der Waals surface area contributed by atoms with Gasteiger partial charge in [-0.05, 0) is 43.9 Å². The van der Waals surface area contributed by atoms with Gasteiger partial charge in [-0.2, -0.15) is 18.3 Å². The number of carbonyl (C=O) groups is 1. The van der Waals surface area contributed by atoms with Crippen molar-refractivity contribution < 1.29 is 18.0 Å². The Bertz CT molecular complexity index is 830. The van der Waals surface area contributed by atoms with Crippen molar-refractivity contribution in [3.05, 3.63) is 40.8 Å². The summed E-state index contributed by atoms with van der Waals surface area (Å²) in [6.07, 6.45) is -2.31. The Kier molecular flexibility index (Phi) is 7.64. The average Bonchev–Trinajstić information content (AvgIpc) is 2.89. The van der Waals surface area contributed by atoms with Crippen molar-refractivity contribution in [1.29, 1.82) is 0 Å². The van der Waals surface area contributed by atoms with Gasteiger partial charge in [0.05, 0.1) is 11.3 Å². The van der Waals surface area contributed by atoms with Gasteiger partial charge in [0.1, 0.15) is 5.82 Å². The zero-order chi connectivity index (χ0) is 21.6. The minimum atomic E-state index is -4.48. The van der Waals surface area contributed by atoms with E-state index in [2.05, 4.69) is 34.6 Å². The number of aromatic nitrogens is 3. The Morgan fingerprint density at radius 2 is 1.97 bits per heavy atom. The van der Waals surface area contributed by atoms with Crippen molar-refractivity contribution in [2.24, 2.45) is 5.92 Å². The molecule has 160 valence electrons. The van der Waals surface area contributed by atoms with E-state index in [9.17, 15) is 18.0 Å². The summed E-state index contributed by atoms with van der Waals surface area (Å²) in [4.78, 5) is 15.8. The smallest absolute Gasteiger partial charge is 0.368 e. The van der Waals surface area contributed by atoms with E-state index >= 15 is 0 Å². The highest BCUT2D eigenvalue weighted by Crippen LogP contribution is 2.33. The van der Waals surface area contributed by atoms with E-state index in [0.29, 0.717) is 18.8 Å². The second kappa shape index (κ2) is 9.76. The van der Waals surface area contributed by atoms with Gasteiger partial charge in [0.15, 0.2) is 0 Å². The summed E-state index contributed by atoms with van der Waals surface area (Å²) in [6, 6.07) is 2.21. The molecule has 29 heavy (non-hydrogen) atoms. The van der Waals surface area contributed by atoms with Crippen LogP contribution in [0.1, 0.15) is 42.8 Å². The molecule has 0 atom stereocenters. The fraction of sp³-hybridized carbons (Fsp3) is 0.550. The van der Waals surface area contributed by atoms with Gasteiger partial charge in [-0.25, -0.2) is 4.98 Å². The molecule has 2 aromatic rings. The molecule has 0 bridgehead atoms. The highest BCUT2D eigenvalue weighted by Gasteiger charge is 2.33. The number of nitrogens with one attached hydrogen (secondary N) is 2. The van der Waals surface area contributed by atoms with E-state index in [1.807, 2.05) is 18.5 Å². The molecule has 0 spiro atoms. The summed E-state index contributed by atoms with van der Waals surface area (Å²) < 4.78 is 40.8. The Morgan fingerprint density at radius 3 is 2.62 bits per heavy atom. The third-order valence-corrected chi connectivity index (χ3v) is 4.52. The predicted molar refractivity (Wildman–Crippen MR) is 106 cm³/mol. The molecule has 2 aromatic heterocycles. The van der Waals surface area contributed by atoms with Crippen LogP contribution in [0.2, 0.25) is 0 Å². The van der Waals surface area contributed by atoms with E-state index in [1.165, 1.54) is 12.3 Å². The topological polar surface area (TPSA) is 71.8 Å². The van der Waals surface area contributed by atoms with Crippen LogP contribution >= 0.6 is 0 Å². The number of pyridine rings is 1. The summed E-state index contributed by atoms with van der Waals surface area (Å²) in [6.45, 7) is 9.38. The first-order valence-electron chi connectivity index (χ1n) is 9.65. The minimum Gasteiger partial charge on any atom is -0.368 e. The molecule has 0 saturated heterocycles. The first-order valence-corrected chi connectivity index (χ1v) is 9.65. The zero-order valence-corrected chi connectivity index (χ0v) is 17.2. The van der Waals surface area contributed by atoms with E-state index in [0.717, 1.165) is 29.6 Å². The van der Waals surface area contributed by atoms with Crippen molar-refractivity contribution >= 4 is 11.7 Å². The fourth-order valence-corrected chi connectivity index (χ4v) is 3.10. The van der Waals surface area contributed by atoms with Crippen LogP contribution in [0, 0.1) is 19.8 Å². The van der Waals surface area contributed by atoms with E-state index in [-0.39, 0.29) is 24.8 Å². The Morgan fingerprint density at radius 1 is 1.24 bits per heavy atom. The summed E-state index contributed by atoms with van der Waals surface area (Å²) in [7, 11) is 0. The molecule has 1 amide bonds. The van der Waals surface area contributed by atoms with Crippen LogP contribution in [0.15, 0.2) is 18.3 Å². The molecule has 9 heteroatoms. The average molecular weight is 411 g/mol. The number of rotatable bonds is 9. The van der Waals surface area contributed by atoms with Crippen LogP contribution in [0.25, 0.3) is 0 Å². The van der Waals surface area contributed by atoms with Gasteiger partial charge in [0.2, 0.25) is 5.91 Å². The molecule has 0 aliphatic carbocycles. The Hall–Kier alpha value is -2.58. The molecule has 0 fully saturated rings. The van der Waals surface area contributed by atoms with Crippen molar-refractivity contribution in [2.45, 2.75) is 53.3 Å². The lowest BCUT2D eigenvalue weighted by Crippen LogP contribution is -2.29. The van der Waals surface area contributed by atoms with Gasteiger partial charge in [-0.3, -0.25) is 9.48 Å². The molecule has 0 aromatic carbocycles. The number of hydrogen-bond donors (Lipinski definition) is 2. The molecule has 2 rings (SSSR count). The number of alkyl halides is 3. The summed E-state index contributed by atoms with van der Waals surface area (Å²) in [5.41, 5.74) is 2.24. The lowest BCUT2D eigenvalue weighted by molar-refractivity contribution is -0.137. The standard InChI is InChI=1S/C20H28F3N5O/c1-13(2)12-28-15(4)16(14(3)27-28)7-8-18(29)24-10-11-26-19-17(20(21,22)23)6-5-9-25-19/h5-6,9,13H,7-8,10-12H2,1-4H3,(H,24,29)(H,25,26). The van der Waals surface area contributed by atoms with Gasteiger partial charge in [0, 0.05) is 37.9 Å². The number of halogens is 3. The highest BCUT2D eigenvalue weighted by molar-refractivity contribution is 5.76. The summed E-state index contributed by atoms with van der Waals surface area (Å²) in [5, 5.41) is 9.89. The number of anilines is 1. The lowest BCUT2D eigenvalue weighted by atomic mass is 10.1. The van der Waals surface area contributed by atoms with Crippen molar-refractivity contribution in [3.63, 3.8) is 0 Å². The van der Waals surface area contributed by atoms with Gasteiger partial charge >= 0.3 is 6.18 Å². The molecule has 0 aliphatic rings. The van der Waals surface area contributed by atoms with E-state index in [4.69, 9.17) is 0 Å². The lowest BCUT2D eigenvalue weighted by Gasteiger charge is -2.13. The number of aryl methyl sites for hydroxylation is 1. The molecule has 6 nitrogen and oxygen atoms in total. The predicted octanol–water partition coefficient (Wildman–Crippen LogP) is 3.73. The number of amides is 1.